The summed E-state index contributed by atoms with van der Waals surface area (Å²) >= 11 is 9.52. The molecule has 10 heteroatoms. The van der Waals surface area contributed by atoms with Gasteiger partial charge in [0.2, 0.25) is 0 Å². The summed E-state index contributed by atoms with van der Waals surface area (Å²) in [6, 6.07) is 16.5. The third-order valence-electron chi connectivity index (χ3n) is 5.05. The van der Waals surface area contributed by atoms with Gasteiger partial charge in [-0.05, 0) is 66.2 Å². The third-order valence-corrected chi connectivity index (χ3v) is 5.82. The Bertz CT molecular complexity index is 1370. The van der Waals surface area contributed by atoms with Gasteiger partial charge in [-0.25, -0.2) is 14.5 Å². The van der Waals surface area contributed by atoms with Crippen LogP contribution in [0.4, 0.5) is 10.5 Å². The number of carbonyl (C=O) groups is 4. The van der Waals surface area contributed by atoms with E-state index < -0.39 is 23.8 Å². The van der Waals surface area contributed by atoms with E-state index in [2.05, 4.69) is 21.2 Å². The van der Waals surface area contributed by atoms with Gasteiger partial charge in [-0.3, -0.25) is 14.9 Å². The van der Waals surface area contributed by atoms with Gasteiger partial charge in [-0.15, -0.1) is 0 Å². The van der Waals surface area contributed by atoms with Crippen LogP contribution in [0.1, 0.15) is 21.5 Å². The maximum absolute atomic E-state index is 13.2. The fourth-order valence-electron chi connectivity index (χ4n) is 3.31. The highest BCUT2D eigenvalue weighted by Gasteiger charge is 2.37. The van der Waals surface area contributed by atoms with Crippen molar-refractivity contribution in [3.63, 3.8) is 0 Å². The lowest BCUT2D eigenvalue weighted by atomic mass is 10.1. The minimum Gasteiger partial charge on any atom is -0.488 e. The van der Waals surface area contributed by atoms with E-state index in [4.69, 9.17) is 21.4 Å². The maximum atomic E-state index is 13.2. The lowest BCUT2D eigenvalue weighted by molar-refractivity contribution is -0.122. The Morgan fingerprint density at radius 2 is 1.71 bits per heavy atom. The SMILES string of the molecule is O=C1NC(=O)N(c2ccc(C(=O)O)cc2)C(=O)/C1=C/c1cc(Cl)ccc1OCc1ccc(Br)cc1. The number of ether oxygens (including phenoxy) is 1. The summed E-state index contributed by atoms with van der Waals surface area (Å²) in [5.74, 6) is -2.53. The summed E-state index contributed by atoms with van der Waals surface area (Å²) in [6.07, 6.45) is 1.30. The number of carbonyl (C=O) groups excluding carboxylic acids is 3. The molecule has 0 aromatic heterocycles. The first-order valence-electron chi connectivity index (χ1n) is 10.1. The van der Waals surface area contributed by atoms with E-state index in [1.807, 2.05) is 24.3 Å². The summed E-state index contributed by atoms with van der Waals surface area (Å²) in [5.41, 5.74) is 1.03. The fraction of sp³-hybridized carbons (Fsp3) is 0.0400. The number of aromatic carboxylic acids is 1. The molecule has 1 aliphatic rings. The molecule has 35 heavy (non-hydrogen) atoms. The van der Waals surface area contributed by atoms with Crippen molar-refractivity contribution < 1.29 is 29.0 Å². The van der Waals surface area contributed by atoms with E-state index in [0.717, 1.165) is 14.9 Å². The summed E-state index contributed by atoms with van der Waals surface area (Å²) in [7, 11) is 0. The average molecular weight is 556 g/mol. The summed E-state index contributed by atoms with van der Waals surface area (Å²) < 4.78 is 6.83. The molecule has 0 aliphatic carbocycles. The van der Waals surface area contributed by atoms with Crippen molar-refractivity contribution >= 4 is 63.1 Å². The van der Waals surface area contributed by atoms with Crippen LogP contribution in [0.3, 0.4) is 0 Å². The van der Waals surface area contributed by atoms with Crippen molar-refractivity contribution in [3.8, 4) is 5.75 Å². The first kappa shape index (κ1) is 24.2. The van der Waals surface area contributed by atoms with Gasteiger partial charge in [0.05, 0.1) is 11.3 Å². The number of urea groups is 1. The number of hydrogen-bond acceptors (Lipinski definition) is 5. The molecule has 1 aliphatic heterocycles. The Hall–Kier alpha value is -3.95. The second-order valence-electron chi connectivity index (χ2n) is 7.41. The van der Waals surface area contributed by atoms with Crippen molar-refractivity contribution in [2.75, 3.05) is 4.90 Å². The minimum absolute atomic E-state index is 0.0167. The van der Waals surface area contributed by atoms with Gasteiger partial charge < -0.3 is 9.84 Å². The number of amides is 4. The van der Waals surface area contributed by atoms with Crippen LogP contribution in [0.25, 0.3) is 6.08 Å². The van der Waals surface area contributed by atoms with E-state index in [1.54, 1.807) is 12.1 Å². The molecule has 1 fully saturated rings. The topological polar surface area (TPSA) is 113 Å². The Balaban J connectivity index is 1.65. The number of carboxylic acids is 1. The van der Waals surface area contributed by atoms with Crippen molar-refractivity contribution in [3.05, 3.63) is 98.5 Å². The Kier molecular flexibility index (Phi) is 6.99. The normalized spacial score (nSPS) is 14.7. The number of hydrogen-bond donors (Lipinski definition) is 2. The zero-order valence-electron chi connectivity index (χ0n) is 17.8. The third kappa shape index (κ3) is 5.42. The molecule has 0 saturated carbocycles. The molecule has 3 aromatic rings. The molecule has 0 unspecified atom stereocenters. The first-order chi connectivity index (χ1) is 16.7. The van der Waals surface area contributed by atoms with Crippen LogP contribution in [0.5, 0.6) is 5.75 Å². The number of halogens is 2. The number of benzene rings is 3. The standard InChI is InChI=1S/C25H16BrClN2O6/c26-17-5-1-14(2-6-17)13-35-21-10-7-18(27)11-16(21)12-20-22(30)28-25(34)29(23(20)31)19-8-3-15(4-9-19)24(32)33/h1-12H,13H2,(H,32,33)(H,28,30,34)/b20-12+. The molecule has 1 heterocycles. The van der Waals surface area contributed by atoms with Gasteiger partial charge in [0.25, 0.3) is 11.8 Å². The number of nitrogens with zero attached hydrogens (tertiary/aromatic N) is 1. The van der Waals surface area contributed by atoms with E-state index in [1.165, 1.54) is 36.4 Å². The Morgan fingerprint density at radius 1 is 1.03 bits per heavy atom. The Labute approximate surface area is 212 Å². The van der Waals surface area contributed by atoms with Gasteiger partial charge in [0.15, 0.2) is 0 Å². The molecule has 3 aromatic carbocycles. The predicted molar refractivity (Wildman–Crippen MR) is 132 cm³/mol. The summed E-state index contributed by atoms with van der Waals surface area (Å²) in [5, 5.41) is 11.6. The van der Waals surface area contributed by atoms with Crippen LogP contribution in [0, 0.1) is 0 Å². The zero-order valence-corrected chi connectivity index (χ0v) is 20.2. The highest BCUT2D eigenvalue weighted by Crippen LogP contribution is 2.29. The average Bonchev–Trinajstić information content (AvgIpc) is 2.82. The van der Waals surface area contributed by atoms with Crippen LogP contribution in [-0.4, -0.2) is 28.9 Å². The van der Waals surface area contributed by atoms with E-state index in [0.29, 0.717) is 16.3 Å². The van der Waals surface area contributed by atoms with Gasteiger partial charge in [-0.2, -0.15) is 0 Å². The lowest BCUT2D eigenvalue weighted by Gasteiger charge is -2.26. The van der Waals surface area contributed by atoms with Crippen molar-refractivity contribution in [1.29, 1.82) is 0 Å². The molecule has 4 amide bonds. The molecule has 0 radical (unpaired) electrons. The number of anilines is 1. The van der Waals surface area contributed by atoms with Crippen LogP contribution in [0.2, 0.25) is 5.02 Å². The molecule has 0 bridgehead atoms. The number of barbiturate groups is 1. The number of carboxylic acid groups (broad SMARTS) is 1. The first-order valence-corrected chi connectivity index (χ1v) is 11.3. The Morgan fingerprint density at radius 3 is 2.37 bits per heavy atom. The van der Waals surface area contributed by atoms with Gasteiger partial charge >= 0.3 is 12.0 Å². The highest BCUT2D eigenvalue weighted by molar-refractivity contribution is 9.10. The van der Waals surface area contributed by atoms with E-state index in [-0.39, 0.29) is 23.4 Å². The van der Waals surface area contributed by atoms with Crippen LogP contribution in [0.15, 0.2) is 76.8 Å². The van der Waals surface area contributed by atoms with E-state index >= 15 is 0 Å². The van der Waals surface area contributed by atoms with E-state index in [9.17, 15) is 19.2 Å². The molecule has 0 spiro atoms. The van der Waals surface area contributed by atoms with Crippen molar-refractivity contribution in [2.45, 2.75) is 6.61 Å². The number of nitrogens with one attached hydrogen (secondary N) is 1. The molecular formula is C25H16BrClN2O6. The largest absolute Gasteiger partial charge is 0.488 e. The summed E-state index contributed by atoms with van der Waals surface area (Å²) in [4.78, 5) is 50.0. The van der Waals surface area contributed by atoms with Crippen LogP contribution < -0.4 is 15.0 Å². The van der Waals surface area contributed by atoms with Gasteiger partial charge in [0, 0.05) is 15.1 Å². The van der Waals surface area contributed by atoms with Crippen LogP contribution in [-0.2, 0) is 16.2 Å². The quantitative estimate of drug-likeness (QED) is 0.325. The molecular weight excluding hydrogens is 540 g/mol. The monoisotopic (exact) mass is 554 g/mol. The van der Waals surface area contributed by atoms with Gasteiger partial charge in [-0.1, -0.05) is 39.7 Å². The summed E-state index contributed by atoms with van der Waals surface area (Å²) in [6.45, 7) is 0.228. The second-order valence-corrected chi connectivity index (χ2v) is 8.76. The smallest absolute Gasteiger partial charge is 0.335 e. The minimum atomic E-state index is -1.15. The van der Waals surface area contributed by atoms with Gasteiger partial charge in [0.1, 0.15) is 17.9 Å². The molecule has 1 saturated heterocycles. The molecule has 8 nitrogen and oxygen atoms in total. The lowest BCUT2D eigenvalue weighted by Crippen LogP contribution is -2.54. The highest BCUT2D eigenvalue weighted by atomic mass is 79.9. The predicted octanol–water partition coefficient (Wildman–Crippen LogP) is 5.05. The molecule has 4 rings (SSSR count). The van der Waals surface area contributed by atoms with Crippen LogP contribution >= 0.6 is 27.5 Å². The fourth-order valence-corrected chi connectivity index (χ4v) is 3.75. The molecule has 2 N–H and O–H groups in total. The van der Waals surface area contributed by atoms with Crippen molar-refractivity contribution in [1.82, 2.24) is 5.32 Å². The number of rotatable bonds is 6. The molecule has 0 atom stereocenters. The van der Waals surface area contributed by atoms with Crippen molar-refractivity contribution in [2.24, 2.45) is 0 Å². The molecule has 176 valence electrons. The zero-order chi connectivity index (χ0) is 25.1. The number of imide groups is 2. The maximum Gasteiger partial charge on any atom is 0.335 e. The second kappa shape index (κ2) is 10.1.